The number of aryl methyl sites for hydroxylation is 1. The number of halogens is 1. The number of pyridine rings is 1. The first-order valence-corrected chi connectivity index (χ1v) is 8.54. The maximum absolute atomic E-state index is 5.64. The average molecular weight is 416 g/mol. The van der Waals surface area contributed by atoms with Crippen LogP contribution in [0.3, 0.4) is 0 Å². The summed E-state index contributed by atoms with van der Waals surface area (Å²) in [5, 5.41) is 13.2. The van der Waals surface area contributed by atoms with Gasteiger partial charge in [-0.1, -0.05) is 0 Å². The van der Waals surface area contributed by atoms with E-state index in [1.165, 1.54) is 40.6 Å². The molecule has 2 aromatic heterocycles. The number of nitrogens with zero attached hydrogens (tertiary/aromatic N) is 5. The molecule has 5 nitrogen and oxygen atoms in total. The minimum absolute atomic E-state index is 0. The van der Waals surface area contributed by atoms with Gasteiger partial charge < -0.3 is 17.0 Å². The smallest absolute Gasteiger partial charge is 0.213 e. The Morgan fingerprint density at radius 2 is 2.12 bits per heavy atom. The van der Waals surface area contributed by atoms with Crippen molar-refractivity contribution >= 4 is 23.5 Å². The standard InChI is InChI=1S/C18H17N5S.BrH/c1-3-10-22-16-7-5-4-6-14(16)12(2)15-11-13(8-9-17(15)22)23-18(24)19-20-21-23;/h1,8-9,11H,4-7,10H2,2H3;1H. The second-order valence-electron chi connectivity index (χ2n) is 6.14. The van der Waals surface area contributed by atoms with Crippen molar-refractivity contribution in [3.63, 3.8) is 0 Å². The molecule has 25 heavy (non-hydrogen) atoms. The SMILES string of the molecule is C#CC[n+]1c2c(c(C)c3cc(-n4nnnc4S)ccc31)CCCC2.[Br-]. The summed E-state index contributed by atoms with van der Waals surface area (Å²) in [4.78, 5) is 0. The molecule has 1 aliphatic rings. The van der Waals surface area contributed by atoms with Gasteiger partial charge in [0.2, 0.25) is 17.2 Å². The van der Waals surface area contributed by atoms with E-state index < -0.39 is 0 Å². The van der Waals surface area contributed by atoms with E-state index >= 15 is 0 Å². The topological polar surface area (TPSA) is 47.5 Å². The van der Waals surface area contributed by atoms with Crippen LogP contribution in [0.1, 0.15) is 29.7 Å². The van der Waals surface area contributed by atoms with E-state index in [2.05, 4.69) is 57.7 Å². The van der Waals surface area contributed by atoms with E-state index in [0.717, 1.165) is 18.5 Å². The molecule has 1 aliphatic carbocycles. The van der Waals surface area contributed by atoms with Crippen LogP contribution in [0.2, 0.25) is 0 Å². The summed E-state index contributed by atoms with van der Waals surface area (Å²) in [6.45, 7) is 2.80. The van der Waals surface area contributed by atoms with Gasteiger partial charge in [0, 0.05) is 18.1 Å². The van der Waals surface area contributed by atoms with Crippen LogP contribution in [0.4, 0.5) is 0 Å². The number of tetrazole rings is 1. The molecule has 0 saturated heterocycles. The van der Waals surface area contributed by atoms with Crippen LogP contribution in [-0.2, 0) is 19.4 Å². The Bertz CT molecular complexity index is 989. The Morgan fingerprint density at radius 1 is 1.32 bits per heavy atom. The third-order valence-corrected chi connectivity index (χ3v) is 5.12. The van der Waals surface area contributed by atoms with Gasteiger partial charge >= 0.3 is 0 Å². The molecule has 0 radical (unpaired) electrons. The fourth-order valence-corrected chi connectivity index (χ4v) is 3.91. The van der Waals surface area contributed by atoms with Crippen LogP contribution in [0.25, 0.3) is 16.6 Å². The first-order valence-electron chi connectivity index (χ1n) is 8.10. The number of benzene rings is 1. The number of thiol groups is 1. The lowest BCUT2D eigenvalue weighted by atomic mass is 9.89. The summed E-state index contributed by atoms with van der Waals surface area (Å²) in [5.74, 6) is 2.81. The summed E-state index contributed by atoms with van der Waals surface area (Å²) in [6.07, 6.45) is 10.3. The third kappa shape index (κ3) is 2.94. The number of hydrogen-bond donors (Lipinski definition) is 1. The fourth-order valence-electron chi connectivity index (χ4n) is 3.71. The summed E-state index contributed by atoms with van der Waals surface area (Å²) < 4.78 is 3.93. The molecule has 3 aromatic rings. The van der Waals surface area contributed by atoms with E-state index in [1.54, 1.807) is 4.68 Å². The molecule has 0 saturated carbocycles. The molecule has 0 amide bonds. The molecular formula is C18H18BrN5S. The summed E-state index contributed by atoms with van der Waals surface area (Å²) in [6, 6.07) is 6.25. The zero-order valence-corrected chi connectivity index (χ0v) is 16.4. The maximum atomic E-state index is 5.64. The first kappa shape index (κ1) is 17.9. The number of fused-ring (bicyclic) bond motifs is 2. The van der Waals surface area contributed by atoms with E-state index in [9.17, 15) is 0 Å². The van der Waals surface area contributed by atoms with Gasteiger partial charge in [-0.2, -0.15) is 9.25 Å². The van der Waals surface area contributed by atoms with Crippen LogP contribution in [0, 0.1) is 19.3 Å². The second-order valence-corrected chi connectivity index (χ2v) is 6.54. The third-order valence-electron chi connectivity index (χ3n) is 4.84. The zero-order chi connectivity index (χ0) is 16.7. The summed E-state index contributed by atoms with van der Waals surface area (Å²) in [5.41, 5.74) is 6.26. The van der Waals surface area contributed by atoms with Crippen molar-refractivity contribution in [3.8, 4) is 18.0 Å². The molecule has 4 rings (SSSR count). The molecule has 2 heterocycles. The minimum Gasteiger partial charge on any atom is -1.00 e. The Morgan fingerprint density at radius 3 is 2.84 bits per heavy atom. The summed E-state index contributed by atoms with van der Waals surface area (Å²) in [7, 11) is 0. The van der Waals surface area contributed by atoms with Crippen molar-refractivity contribution in [2.75, 3.05) is 0 Å². The van der Waals surface area contributed by atoms with Crippen molar-refractivity contribution < 1.29 is 21.5 Å². The monoisotopic (exact) mass is 415 g/mol. The molecule has 0 aliphatic heterocycles. The molecule has 0 spiro atoms. The predicted octanol–water partition coefficient (Wildman–Crippen LogP) is -0.784. The van der Waals surface area contributed by atoms with Crippen molar-refractivity contribution in [2.45, 2.75) is 44.3 Å². The van der Waals surface area contributed by atoms with E-state index in [0.29, 0.717) is 11.7 Å². The molecular weight excluding hydrogens is 398 g/mol. The molecule has 128 valence electrons. The van der Waals surface area contributed by atoms with Crippen molar-refractivity contribution in [1.29, 1.82) is 0 Å². The van der Waals surface area contributed by atoms with Gasteiger partial charge in [0.05, 0.1) is 11.1 Å². The zero-order valence-electron chi connectivity index (χ0n) is 13.9. The molecule has 0 bridgehead atoms. The van der Waals surface area contributed by atoms with Gasteiger partial charge in [0.25, 0.3) is 0 Å². The fraction of sp³-hybridized carbons (Fsp3) is 0.333. The van der Waals surface area contributed by atoms with Gasteiger partial charge in [0.1, 0.15) is 0 Å². The Labute approximate surface area is 162 Å². The highest BCUT2D eigenvalue weighted by Gasteiger charge is 2.26. The van der Waals surface area contributed by atoms with Gasteiger partial charge in [0.15, 0.2) is 5.69 Å². The highest BCUT2D eigenvalue weighted by molar-refractivity contribution is 7.80. The molecule has 0 unspecified atom stereocenters. The van der Waals surface area contributed by atoms with Crippen molar-refractivity contribution in [3.05, 3.63) is 35.0 Å². The van der Waals surface area contributed by atoms with E-state index in [4.69, 9.17) is 6.42 Å². The van der Waals surface area contributed by atoms with Crippen LogP contribution >= 0.6 is 12.6 Å². The highest BCUT2D eigenvalue weighted by atomic mass is 79.9. The second kappa shape index (κ2) is 7.14. The quantitative estimate of drug-likeness (QED) is 0.339. The van der Waals surface area contributed by atoms with Crippen molar-refractivity contribution in [2.24, 2.45) is 0 Å². The predicted molar refractivity (Wildman–Crippen MR) is 94.3 cm³/mol. The van der Waals surface area contributed by atoms with Gasteiger partial charge in [-0.05, 0) is 60.2 Å². The summed E-state index contributed by atoms with van der Waals surface area (Å²) >= 11 is 4.31. The van der Waals surface area contributed by atoms with Crippen LogP contribution in [0.15, 0.2) is 23.4 Å². The normalized spacial score (nSPS) is 13.2. The van der Waals surface area contributed by atoms with E-state index in [-0.39, 0.29) is 17.0 Å². The number of terminal acetylenes is 1. The lowest BCUT2D eigenvalue weighted by Gasteiger charge is -2.18. The van der Waals surface area contributed by atoms with Gasteiger partial charge in [-0.25, -0.2) is 0 Å². The Hall–Kier alpha value is -1.91. The maximum Gasteiger partial charge on any atom is 0.213 e. The lowest BCUT2D eigenvalue weighted by Crippen LogP contribution is -3.00. The van der Waals surface area contributed by atoms with Crippen LogP contribution < -0.4 is 21.5 Å². The molecule has 0 atom stereocenters. The largest absolute Gasteiger partial charge is 1.00 e. The van der Waals surface area contributed by atoms with Crippen LogP contribution in [0.5, 0.6) is 0 Å². The molecule has 1 aromatic carbocycles. The number of hydrogen-bond acceptors (Lipinski definition) is 4. The average Bonchev–Trinajstić information content (AvgIpc) is 3.04. The van der Waals surface area contributed by atoms with Crippen molar-refractivity contribution in [1.82, 2.24) is 20.2 Å². The minimum atomic E-state index is 0. The van der Waals surface area contributed by atoms with Crippen LogP contribution in [-0.4, -0.2) is 20.2 Å². The first-order chi connectivity index (χ1) is 11.7. The lowest BCUT2D eigenvalue weighted by molar-refractivity contribution is -0.667. The number of aromatic nitrogens is 5. The number of rotatable bonds is 2. The molecule has 0 N–H and O–H groups in total. The van der Waals surface area contributed by atoms with E-state index in [1.807, 2.05) is 6.07 Å². The molecule has 7 heteroatoms. The highest BCUT2D eigenvalue weighted by Crippen LogP contribution is 2.29. The Kier molecular flexibility index (Phi) is 5.11. The Balaban J connectivity index is 0.00000182. The van der Waals surface area contributed by atoms with Gasteiger partial charge in [-0.15, -0.1) is 24.2 Å². The van der Waals surface area contributed by atoms with Gasteiger partial charge in [-0.3, -0.25) is 0 Å². The molecule has 0 fully saturated rings.